The lowest BCUT2D eigenvalue weighted by atomic mass is 10.3. The SMILES string of the molecule is Cc1nc(Br)cc(N2CCn3c(nnc3C(F)(F)F)C2)n1. The second kappa shape index (κ2) is 4.93. The fraction of sp³-hybridized carbons (Fsp3) is 0.455. The second-order valence-electron chi connectivity index (χ2n) is 4.61. The van der Waals surface area contributed by atoms with Crippen molar-refractivity contribution in [3.63, 3.8) is 0 Å². The summed E-state index contributed by atoms with van der Waals surface area (Å²) in [5.41, 5.74) is 0. The number of aryl methyl sites for hydroxylation is 1. The van der Waals surface area contributed by atoms with Crippen LogP contribution in [0.5, 0.6) is 0 Å². The Morgan fingerprint density at radius 3 is 2.62 bits per heavy atom. The van der Waals surface area contributed by atoms with Crippen LogP contribution in [0.15, 0.2) is 10.7 Å². The maximum absolute atomic E-state index is 12.8. The molecule has 10 heteroatoms. The zero-order valence-corrected chi connectivity index (χ0v) is 12.5. The molecule has 2 aromatic rings. The highest BCUT2D eigenvalue weighted by Gasteiger charge is 2.39. The standard InChI is InChI=1S/C11H10BrF3N6/c1-6-16-7(12)4-8(17-6)20-2-3-21-9(5-20)18-19-10(21)11(13,14)15/h4H,2-3,5H2,1H3. The first-order chi connectivity index (χ1) is 9.84. The van der Waals surface area contributed by atoms with Crippen molar-refractivity contribution in [2.75, 3.05) is 11.4 Å². The van der Waals surface area contributed by atoms with Crippen LogP contribution in [-0.4, -0.2) is 31.3 Å². The molecule has 6 nitrogen and oxygen atoms in total. The van der Waals surface area contributed by atoms with Crippen LogP contribution in [0.3, 0.4) is 0 Å². The molecule has 0 fully saturated rings. The molecule has 0 aromatic carbocycles. The average molecular weight is 363 g/mol. The molecular weight excluding hydrogens is 353 g/mol. The first-order valence-corrected chi connectivity index (χ1v) is 6.89. The van der Waals surface area contributed by atoms with Crippen LogP contribution in [0, 0.1) is 6.92 Å². The highest BCUT2D eigenvalue weighted by atomic mass is 79.9. The van der Waals surface area contributed by atoms with E-state index in [2.05, 4.69) is 36.1 Å². The van der Waals surface area contributed by atoms with E-state index < -0.39 is 12.0 Å². The average Bonchev–Trinajstić information content (AvgIpc) is 2.80. The molecule has 0 radical (unpaired) electrons. The fourth-order valence-electron chi connectivity index (χ4n) is 2.24. The Morgan fingerprint density at radius 2 is 1.95 bits per heavy atom. The van der Waals surface area contributed by atoms with Gasteiger partial charge in [-0.15, -0.1) is 10.2 Å². The zero-order chi connectivity index (χ0) is 15.2. The van der Waals surface area contributed by atoms with E-state index in [4.69, 9.17) is 0 Å². The van der Waals surface area contributed by atoms with Crippen molar-refractivity contribution in [2.45, 2.75) is 26.2 Å². The summed E-state index contributed by atoms with van der Waals surface area (Å²) in [5.74, 6) is 0.567. The molecule has 1 aliphatic rings. The van der Waals surface area contributed by atoms with Gasteiger partial charge in [-0.3, -0.25) is 0 Å². The van der Waals surface area contributed by atoms with Crippen LogP contribution in [0.25, 0.3) is 0 Å². The number of anilines is 1. The van der Waals surface area contributed by atoms with Crippen molar-refractivity contribution in [3.05, 3.63) is 28.1 Å². The summed E-state index contributed by atoms with van der Waals surface area (Å²) in [5, 5.41) is 6.89. The molecule has 0 saturated heterocycles. The number of hydrogen-bond acceptors (Lipinski definition) is 5. The fourth-order valence-corrected chi connectivity index (χ4v) is 2.70. The van der Waals surface area contributed by atoms with Gasteiger partial charge in [0.05, 0.1) is 6.54 Å². The van der Waals surface area contributed by atoms with Crippen LogP contribution >= 0.6 is 15.9 Å². The maximum atomic E-state index is 12.8. The van der Waals surface area contributed by atoms with E-state index in [9.17, 15) is 13.2 Å². The lowest BCUT2D eigenvalue weighted by Crippen LogP contribution is -2.36. The molecule has 0 saturated carbocycles. The number of alkyl halides is 3. The predicted molar refractivity (Wildman–Crippen MR) is 70.5 cm³/mol. The lowest BCUT2D eigenvalue weighted by molar-refractivity contribution is -0.147. The summed E-state index contributed by atoms with van der Waals surface area (Å²) in [6.45, 7) is 2.54. The normalized spacial score (nSPS) is 15.2. The molecule has 1 aliphatic heterocycles. The maximum Gasteiger partial charge on any atom is 0.451 e. The van der Waals surface area contributed by atoms with Gasteiger partial charge >= 0.3 is 6.18 Å². The Labute approximate surface area is 126 Å². The highest BCUT2D eigenvalue weighted by molar-refractivity contribution is 9.10. The van der Waals surface area contributed by atoms with Crippen molar-refractivity contribution >= 4 is 21.7 Å². The number of fused-ring (bicyclic) bond motifs is 1. The molecule has 0 aliphatic carbocycles. The Hall–Kier alpha value is -1.71. The van der Waals surface area contributed by atoms with Gasteiger partial charge < -0.3 is 9.47 Å². The van der Waals surface area contributed by atoms with Gasteiger partial charge in [0, 0.05) is 19.2 Å². The summed E-state index contributed by atoms with van der Waals surface area (Å²) < 4.78 is 40.1. The summed E-state index contributed by atoms with van der Waals surface area (Å²) in [6.07, 6.45) is -4.48. The highest BCUT2D eigenvalue weighted by Crippen LogP contribution is 2.30. The van der Waals surface area contributed by atoms with Crippen molar-refractivity contribution < 1.29 is 13.2 Å². The Kier molecular flexibility index (Phi) is 3.34. The molecule has 0 bridgehead atoms. The van der Waals surface area contributed by atoms with E-state index in [1.807, 2.05) is 4.90 Å². The van der Waals surface area contributed by atoms with E-state index in [-0.39, 0.29) is 18.9 Å². The monoisotopic (exact) mass is 362 g/mol. The number of nitrogens with zero attached hydrogens (tertiary/aromatic N) is 6. The third kappa shape index (κ3) is 2.71. The van der Waals surface area contributed by atoms with Crippen LogP contribution in [0.1, 0.15) is 17.5 Å². The third-order valence-electron chi connectivity index (χ3n) is 3.12. The topological polar surface area (TPSA) is 59.7 Å². The molecule has 2 aromatic heterocycles. The number of halogens is 4. The van der Waals surface area contributed by atoms with Gasteiger partial charge in [0.25, 0.3) is 0 Å². The minimum Gasteiger partial charge on any atom is -0.347 e. The summed E-state index contributed by atoms with van der Waals surface area (Å²) in [4.78, 5) is 10.2. The molecule has 0 amide bonds. The summed E-state index contributed by atoms with van der Waals surface area (Å²) in [7, 11) is 0. The lowest BCUT2D eigenvalue weighted by Gasteiger charge is -2.29. The van der Waals surface area contributed by atoms with E-state index >= 15 is 0 Å². The van der Waals surface area contributed by atoms with Crippen LogP contribution in [0.2, 0.25) is 0 Å². The van der Waals surface area contributed by atoms with Gasteiger partial charge in [-0.1, -0.05) is 0 Å². The van der Waals surface area contributed by atoms with Gasteiger partial charge in [0.2, 0.25) is 5.82 Å². The molecular formula is C11H10BrF3N6. The van der Waals surface area contributed by atoms with E-state index in [0.717, 1.165) is 4.57 Å². The molecule has 21 heavy (non-hydrogen) atoms. The van der Waals surface area contributed by atoms with Gasteiger partial charge in [0.15, 0.2) is 5.82 Å². The predicted octanol–water partition coefficient (Wildman–Crippen LogP) is 2.18. The van der Waals surface area contributed by atoms with Crippen LogP contribution in [-0.2, 0) is 19.3 Å². The van der Waals surface area contributed by atoms with Crippen LogP contribution in [0.4, 0.5) is 19.0 Å². The summed E-state index contributed by atoms with van der Waals surface area (Å²) >= 11 is 3.28. The van der Waals surface area contributed by atoms with Crippen molar-refractivity contribution in [2.24, 2.45) is 0 Å². The minimum absolute atomic E-state index is 0.165. The van der Waals surface area contributed by atoms with Crippen LogP contribution < -0.4 is 4.90 Å². The third-order valence-corrected chi connectivity index (χ3v) is 3.53. The molecule has 3 heterocycles. The molecule has 0 spiro atoms. The van der Waals surface area contributed by atoms with Crippen molar-refractivity contribution in [1.29, 1.82) is 0 Å². The molecule has 0 unspecified atom stereocenters. The van der Waals surface area contributed by atoms with E-state index in [1.165, 1.54) is 0 Å². The Balaban J connectivity index is 1.90. The van der Waals surface area contributed by atoms with E-state index in [1.54, 1.807) is 13.0 Å². The number of hydrogen-bond donors (Lipinski definition) is 0. The first kappa shape index (κ1) is 14.2. The van der Waals surface area contributed by atoms with E-state index in [0.29, 0.717) is 22.8 Å². The largest absolute Gasteiger partial charge is 0.451 e. The van der Waals surface area contributed by atoms with Crippen molar-refractivity contribution in [3.8, 4) is 0 Å². The molecule has 3 rings (SSSR count). The Morgan fingerprint density at radius 1 is 1.19 bits per heavy atom. The number of aromatic nitrogens is 5. The molecule has 0 N–H and O–H groups in total. The summed E-state index contributed by atoms with van der Waals surface area (Å²) in [6, 6.07) is 1.73. The second-order valence-corrected chi connectivity index (χ2v) is 5.42. The quantitative estimate of drug-likeness (QED) is 0.727. The Bertz CT molecular complexity index is 663. The zero-order valence-electron chi connectivity index (χ0n) is 10.9. The minimum atomic E-state index is -4.48. The van der Waals surface area contributed by atoms with Gasteiger partial charge in [0.1, 0.15) is 16.2 Å². The molecule has 0 atom stereocenters. The van der Waals surface area contributed by atoms with Gasteiger partial charge in [-0.25, -0.2) is 9.97 Å². The first-order valence-electron chi connectivity index (χ1n) is 6.10. The smallest absolute Gasteiger partial charge is 0.347 e. The van der Waals surface area contributed by atoms with Crippen molar-refractivity contribution in [1.82, 2.24) is 24.7 Å². The van der Waals surface area contributed by atoms with Gasteiger partial charge in [-0.2, -0.15) is 13.2 Å². The molecule has 112 valence electrons. The van der Waals surface area contributed by atoms with Gasteiger partial charge in [-0.05, 0) is 22.9 Å². The number of rotatable bonds is 1.